The van der Waals surface area contributed by atoms with Crippen LogP contribution in [-0.4, -0.2) is 19.1 Å². The van der Waals surface area contributed by atoms with Gasteiger partial charge in [-0.1, -0.05) is 26.0 Å². The van der Waals surface area contributed by atoms with Gasteiger partial charge in [0.15, 0.2) is 0 Å². The molecule has 0 bridgehead atoms. The number of ether oxygens (including phenoxy) is 1. The summed E-state index contributed by atoms with van der Waals surface area (Å²) in [6.07, 6.45) is 0. The van der Waals surface area contributed by atoms with Crippen molar-refractivity contribution in [2.75, 3.05) is 7.11 Å². The molecule has 16 heavy (non-hydrogen) atoms. The predicted octanol–water partition coefficient (Wildman–Crippen LogP) is 1.60. The van der Waals surface area contributed by atoms with E-state index in [1.165, 1.54) is 19.2 Å². The number of nitrogens with two attached hydrogens (primary N) is 1. The van der Waals surface area contributed by atoms with E-state index >= 15 is 0 Å². The van der Waals surface area contributed by atoms with Crippen molar-refractivity contribution in [1.82, 2.24) is 0 Å². The number of hydrogen-bond donors (Lipinski definition) is 1. The maximum Gasteiger partial charge on any atom is 0.323 e. The number of esters is 1. The van der Waals surface area contributed by atoms with Crippen molar-refractivity contribution in [3.8, 4) is 0 Å². The molecule has 1 aromatic rings. The van der Waals surface area contributed by atoms with Crippen LogP contribution in [0, 0.1) is 5.82 Å². The van der Waals surface area contributed by atoms with E-state index < -0.39 is 17.4 Å². The molecule has 0 heterocycles. The van der Waals surface area contributed by atoms with Crippen LogP contribution in [0.1, 0.15) is 19.4 Å². The van der Waals surface area contributed by atoms with Gasteiger partial charge in [0.05, 0.1) is 7.11 Å². The minimum atomic E-state index is -0.820. The molecule has 0 aliphatic carbocycles. The van der Waals surface area contributed by atoms with Crippen LogP contribution >= 0.6 is 0 Å². The highest BCUT2D eigenvalue weighted by Crippen LogP contribution is 2.27. The zero-order valence-electron chi connectivity index (χ0n) is 9.66. The first-order valence-electron chi connectivity index (χ1n) is 4.99. The molecule has 0 aliphatic rings. The lowest BCUT2D eigenvalue weighted by Gasteiger charge is -2.30. The van der Waals surface area contributed by atoms with Gasteiger partial charge in [0.1, 0.15) is 11.9 Å². The fraction of sp³-hybridized carbons (Fsp3) is 0.417. The lowest BCUT2D eigenvalue weighted by Crippen LogP contribution is -2.47. The van der Waals surface area contributed by atoms with Gasteiger partial charge in [0.2, 0.25) is 0 Å². The van der Waals surface area contributed by atoms with Crippen molar-refractivity contribution in [1.29, 1.82) is 0 Å². The zero-order chi connectivity index (χ0) is 12.3. The number of carbonyl (C=O) groups is 1. The first kappa shape index (κ1) is 12.6. The highest BCUT2D eigenvalue weighted by Gasteiger charge is 2.34. The summed E-state index contributed by atoms with van der Waals surface area (Å²) in [6, 6.07) is 5.24. The zero-order valence-corrected chi connectivity index (χ0v) is 9.66. The molecule has 0 saturated heterocycles. The van der Waals surface area contributed by atoms with Gasteiger partial charge in [-0.15, -0.1) is 0 Å². The second-order valence-electron chi connectivity index (χ2n) is 4.23. The third-order valence-electron chi connectivity index (χ3n) is 2.80. The molecule has 1 unspecified atom stereocenters. The summed E-state index contributed by atoms with van der Waals surface area (Å²) >= 11 is 0. The number of halogens is 1. The van der Waals surface area contributed by atoms with Crippen LogP contribution in [-0.2, 0) is 14.9 Å². The lowest BCUT2D eigenvalue weighted by molar-refractivity contribution is -0.143. The molecule has 0 amide bonds. The molecule has 0 aliphatic heterocycles. The Bertz CT molecular complexity index is 390. The number of benzene rings is 1. The van der Waals surface area contributed by atoms with Crippen LogP contribution in [0.4, 0.5) is 4.39 Å². The third-order valence-corrected chi connectivity index (χ3v) is 2.80. The highest BCUT2D eigenvalue weighted by molar-refractivity contribution is 5.77. The molecule has 3 nitrogen and oxygen atoms in total. The lowest BCUT2D eigenvalue weighted by atomic mass is 9.78. The Hall–Kier alpha value is -1.42. The van der Waals surface area contributed by atoms with Crippen molar-refractivity contribution in [3.63, 3.8) is 0 Å². The Labute approximate surface area is 94.4 Å². The quantitative estimate of drug-likeness (QED) is 0.795. The molecule has 0 saturated carbocycles. The van der Waals surface area contributed by atoms with Gasteiger partial charge < -0.3 is 10.5 Å². The van der Waals surface area contributed by atoms with E-state index in [4.69, 9.17) is 5.73 Å². The van der Waals surface area contributed by atoms with Crippen LogP contribution in [0.3, 0.4) is 0 Å². The van der Waals surface area contributed by atoms with Gasteiger partial charge in [0.25, 0.3) is 0 Å². The van der Waals surface area contributed by atoms with E-state index in [0.717, 1.165) is 0 Å². The molecule has 0 aromatic heterocycles. The SMILES string of the molecule is COC(=O)C(N)C(C)(C)c1cccc(F)c1. The molecular weight excluding hydrogens is 209 g/mol. The predicted molar refractivity (Wildman–Crippen MR) is 59.4 cm³/mol. The molecular formula is C12H16FNO2. The molecule has 2 N–H and O–H groups in total. The Morgan fingerprint density at radius 1 is 1.50 bits per heavy atom. The Morgan fingerprint density at radius 3 is 2.62 bits per heavy atom. The molecule has 4 heteroatoms. The molecule has 0 spiro atoms. The van der Waals surface area contributed by atoms with E-state index in [1.54, 1.807) is 26.0 Å². The average Bonchev–Trinajstić information content (AvgIpc) is 2.27. The minimum Gasteiger partial charge on any atom is -0.468 e. The monoisotopic (exact) mass is 225 g/mol. The summed E-state index contributed by atoms with van der Waals surface area (Å²) in [5.41, 5.74) is 5.79. The second-order valence-corrected chi connectivity index (χ2v) is 4.23. The molecule has 1 atom stereocenters. The number of methoxy groups -OCH3 is 1. The van der Waals surface area contributed by atoms with Gasteiger partial charge >= 0.3 is 5.97 Å². The summed E-state index contributed by atoms with van der Waals surface area (Å²) < 4.78 is 17.7. The highest BCUT2D eigenvalue weighted by atomic mass is 19.1. The van der Waals surface area contributed by atoms with Crippen LogP contribution in [0.15, 0.2) is 24.3 Å². The smallest absolute Gasteiger partial charge is 0.323 e. The average molecular weight is 225 g/mol. The van der Waals surface area contributed by atoms with Crippen LogP contribution < -0.4 is 5.73 Å². The topological polar surface area (TPSA) is 52.3 Å². The second kappa shape index (κ2) is 4.61. The normalized spacial score (nSPS) is 13.3. The first-order chi connectivity index (χ1) is 7.39. The van der Waals surface area contributed by atoms with Crippen molar-refractivity contribution < 1.29 is 13.9 Å². The molecule has 1 aromatic carbocycles. The van der Waals surface area contributed by atoms with Gasteiger partial charge in [-0.2, -0.15) is 0 Å². The van der Waals surface area contributed by atoms with Crippen molar-refractivity contribution >= 4 is 5.97 Å². The molecule has 88 valence electrons. The maximum atomic E-state index is 13.1. The first-order valence-corrected chi connectivity index (χ1v) is 4.99. The van der Waals surface area contributed by atoms with Crippen LogP contribution in [0.5, 0.6) is 0 Å². The van der Waals surface area contributed by atoms with Crippen LogP contribution in [0.2, 0.25) is 0 Å². The van der Waals surface area contributed by atoms with Gasteiger partial charge in [-0.3, -0.25) is 4.79 Å². The number of hydrogen-bond acceptors (Lipinski definition) is 3. The summed E-state index contributed by atoms with van der Waals surface area (Å²) in [6.45, 7) is 3.56. The molecule has 1 rings (SSSR count). The van der Waals surface area contributed by atoms with E-state index in [-0.39, 0.29) is 5.82 Å². The van der Waals surface area contributed by atoms with E-state index in [9.17, 15) is 9.18 Å². The summed E-state index contributed by atoms with van der Waals surface area (Å²) in [4.78, 5) is 11.4. The Kier molecular flexibility index (Phi) is 3.65. The van der Waals surface area contributed by atoms with Gasteiger partial charge in [0, 0.05) is 5.41 Å². The molecule has 0 radical (unpaired) electrons. The largest absolute Gasteiger partial charge is 0.468 e. The number of carbonyl (C=O) groups excluding carboxylic acids is 1. The Morgan fingerprint density at radius 2 is 2.12 bits per heavy atom. The maximum absolute atomic E-state index is 13.1. The van der Waals surface area contributed by atoms with Gasteiger partial charge in [-0.05, 0) is 17.7 Å². The van der Waals surface area contributed by atoms with Gasteiger partial charge in [-0.25, -0.2) is 4.39 Å². The van der Waals surface area contributed by atoms with E-state index in [2.05, 4.69) is 4.74 Å². The van der Waals surface area contributed by atoms with E-state index in [0.29, 0.717) is 5.56 Å². The fourth-order valence-corrected chi connectivity index (χ4v) is 1.49. The van der Waals surface area contributed by atoms with Crippen LogP contribution in [0.25, 0.3) is 0 Å². The summed E-state index contributed by atoms with van der Waals surface area (Å²) in [5, 5.41) is 0. The van der Waals surface area contributed by atoms with Crippen molar-refractivity contribution in [3.05, 3.63) is 35.6 Å². The number of rotatable bonds is 3. The van der Waals surface area contributed by atoms with Crippen molar-refractivity contribution in [2.24, 2.45) is 5.73 Å². The standard InChI is InChI=1S/C12H16FNO2/c1-12(2,10(14)11(15)16-3)8-5-4-6-9(13)7-8/h4-7,10H,14H2,1-3H3. The summed E-state index contributed by atoms with van der Waals surface area (Å²) in [5.74, 6) is -0.850. The minimum absolute atomic E-state index is 0.345. The Balaban J connectivity index is 3.05. The molecule has 0 fully saturated rings. The fourth-order valence-electron chi connectivity index (χ4n) is 1.49. The van der Waals surface area contributed by atoms with E-state index in [1.807, 2.05) is 0 Å². The third kappa shape index (κ3) is 2.39. The van der Waals surface area contributed by atoms with Crippen molar-refractivity contribution in [2.45, 2.75) is 25.3 Å². The summed E-state index contributed by atoms with van der Waals surface area (Å²) in [7, 11) is 1.28.